The van der Waals surface area contributed by atoms with E-state index in [0.29, 0.717) is 24.0 Å². The van der Waals surface area contributed by atoms with E-state index in [9.17, 15) is 4.79 Å². The second kappa shape index (κ2) is 8.25. The van der Waals surface area contributed by atoms with Crippen molar-refractivity contribution in [2.45, 2.75) is 25.7 Å². The first-order valence-electron chi connectivity index (χ1n) is 7.46. The van der Waals surface area contributed by atoms with Crippen molar-refractivity contribution in [3.63, 3.8) is 0 Å². The van der Waals surface area contributed by atoms with Crippen LogP contribution in [0.2, 0.25) is 5.02 Å². The standard InChI is InChI=1S/C16H22ClNO3/c17-14-2-4-15(5-3-14)21-11-1-8-18-9-6-13(7-10-18)12-16(19)20/h2-5,13H,1,6-12H2,(H,19,20). The zero-order valence-corrected chi connectivity index (χ0v) is 12.9. The summed E-state index contributed by atoms with van der Waals surface area (Å²) in [5.74, 6) is 0.522. The molecule has 1 fully saturated rings. The van der Waals surface area contributed by atoms with Crippen molar-refractivity contribution in [1.82, 2.24) is 4.90 Å². The van der Waals surface area contributed by atoms with Crippen molar-refractivity contribution in [2.75, 3.05) is 26.2 Å². The van der Waals surface area contributed by atoms with Crippen LogP contribution in [-0.4, -0.2) is 42.2 Å². The van der Waals surface area contributed by atoms with E-state index in [-0.39, 0.29) is 0 Å². The van der Waals surface area contributed by atoms with Crippen molar-refractivity contribution in [1.29, 1.82) is 0 Å². The van der Waals surface area contributed by atoms with Gasteiger partial charge in [0.2, 0.25) is 0 Å². The predicted octanol–water partition coefficient (Wildman–Crippen LogP) is 3.30. The van der Waals surface area contributed by atoms with Gasteiger partial charge in [0.15, 0.2) is 0 Å². The minimum Gasteiger partial charge on any atom is -0.494 e. The molecule has 4 nitrogen and oxygen atoms in total. The zero-order chi connectivity index (χ0) is 15.1. The Bertz CT molecular complexity index is 441. The highest BCUT2D eigenvalue weighted by Gasteiger charge is 2.20. The molecule has 1 aromatic carbocycles. The van der Waals surface area contributed by atoms with Crippen LogP contribution in [0.25, 0.3) is 0 Å². The van der Waals surface area contributed by atoms with Gasteiger partial charge in [0, 0.05) is 18.0 Å². The predicted molar refractivity (Wildman–Crippen MR) is 83.0 cm³/mol. The lowest BCUT2D eigenvalue weighted by molar-refractivity contribution is -0.138. The van der Waals surface area contributed by atoms with E-state index in [1.165, 1.54) is 0 Å². The van der Waals surface area contributed by atoms with Gasteiger partial charge in [-0.1, -0.05) is 11.6 Å². The average molecular weight is 312 g/mol. The lowest BCUT2D eigenvalue weighted by atomic mass is 9.93. The summed E-state index contributed by atoms with van der Waals surface area (Å²) in [5.41, 5.74) is 0. The molecule has 2 rings (SSSR count). The topological polar surface area (TPSA) is 49.8 Å². The molecule has 5 heteroatoms. The smallest absolute Gasteiger partial charge is 0.303 e. The van der Waals surface area contributed by atoms with Crippen LogP contribution < -0.4 is 4.74 Å². The lowest BCUT2D eigenvalue weighted by Gasteiger charge is -2.31. The summed E-state index contributed by atoms with van der Waals surface area (Å²) in [6.45, 7) is 3.70. The van der Waals surface area contributed by atoms with Gasteiger partial charge in [-0.3, -0.25) is 4.79 Å². The Labute approximate surface area is 130 Å². The third kappa shape index (κ3) is 5.94. The third-order valence-corrected chi connectivity index (χ3v) is 4.12. The largest absolute Gasteiger partial charge is 0.494 e. The number of carboxylic acid groups (broad SMARTS) is 1. The molecule has 1 aromatic rings. The van der Waals surface area contributed by atoms with Crippen molar-refractivity contribution >= 4 is 17.6 Å². The van der Waals surface area contributed by atoms with E-state index in [0.717, 1.165) is 44.6 Å². The summed E-state index contributed by atoms with van der Waals surface area (Å²) in [5, 5.41) is 9.51. The van der Waals surface area contributed by atoms with Gasteiger partial charge in [0.25, 0.3) is 0 Å². The number of likely N-dealkylation sites (tertiary alicyclic amines) is 1. The van der Waals surface area contributed by atoms with Gasteiger partial charge in [0.05, 0.1) is 6.61 Å². The molecule has 1 aliphatic heterocycles. The van der Waals surface area contributed by atoms with E-state index in [2.05, 4.69) is 4.90 Å². The summed E-state index contributed by atoms with van der Waals surface area (Å²) < 4.78 is 5.66. The van der Waals surface area contributed by atoms with E-state index >= 15 is 0 Å². The van der Waals surface area contributed by atoms with Crippen LogP contribution in [0, 0.1) is 5.92 Å². The molecule has 0 aliphatic carbocycles. The molecule has 116 valence electrons. The Hall–Kier alpha value is -1.26. The van der Waals surface area contributed by atoms with E-state index in [1.807, 2.05) is 24.3 Å². The van der Waals surface area contributed by atoms with Gasteiger partial charge in [-0.2, -0.15) is 0 Å². The maximum atomic E-state index is 10.7. The van der Waals surface area contributed by atoms with Crippen LogP contribution in [0.3, 0.4) is 0 Å². The number of nitrogens with zero attached hydrogens (tertiary/aromatic N) is 1. The SMILES string of the molecule is O=C(O)CC1CCN(CCCOc2ccc(Cl)cc2)CC1. The molecule has 0 aromatic heterocycles. The number of aliphatic carboxylic acids is 1. The van der Waals surface area contributed by atoms with Crippen molar-refractivity contribution in [3.05, 3.63) is 29.3 Å². The number of ether oxygens (including phenoxy) is 1. The Morgan fingerprint density at radius 1 is 1.29 bits per heavy atom. The maximum Gasteiger partial charge on any atom is 0.303 e. The molecular formula is C16H22ClNO3. The van der Waals surface area contributed by atoms with Crippen LogP contribution >= 0.6 is 11.6 Å². The average Bonchev–Trinajstić information content (AvgIpc) is 2.46. The molecule has 0 bridgehead atoms. The molecule has 1 saturated heterocycles. The monoisotopic (exact) mass is 311 g/mol. The molecular weight excluding hydrogens is 290 g/mol. The first-order valence-corrected chi connectivity index (χ1v) is 7.84. The highest BCUT2D eigenvalue weighted by Crippen LogP contribution is 2.20. The van der Waals surface area contributed by atoms with Crippen LogP contribution in [0.5, 0.6) is 5.75 Å². The molecule has 0 amide bonds. The Morgan fingerprint density at radius 3 is 2.57 bits per heavy atom. The normalized spacial score (nSPS) is 16.8. The minimum absolute atomic E-state index is 0.313. The van der Waals surface area contributed by atoms with Crippen molar-refractivity contribution in [2.24, 2.45) is 5.92 Å². The Morgan fingerprint density at radius 2 is 1.95 bits per heavy atom. The van der Waals surface area contributed by atoms with E-state index in [4.69, 9.17) is 21.4 Å². The second-order valence-electron chi connectivity index (χ2n) is 5.54. The highest BCUT2D eigenvalue weighted by molar-refractivity contribution is 6.30. The van der Waals surface area contributed by atoms with E-state index in [1.54, 1.807) is 0 Å². The molecule has 0 radical (unpaired) electrons. The zero-order valence-electron chi connectivity index (χ0n) is 12.1. The van der Waals surface area contributed by atoms with Crippen molar-refractivity contribution < 1.29 is 14.6 Å². The Balaban J connectivity index is 1.57. The summed E-state index contributed by atoms with van der Waals surface area (Å²) >= 11 is 5.82. The van der Waals surface area contributed by atoms with Crippen LogP contribution in [0.4, 0.5) is 0 Å². The minimum atomic E-state index is -0.676. The number of rotatable bonds is 7. The van der Waals surface area contributed by atoms with Crippen LogP contribution in [-0.2, 0) is 4.79 Å². The fourth-order valence-electron chi connectivity index (χ4n) is 2.67. The van der Waals surface area contributed by atoms with Crippen LogP contribution in [0.15, 0.2) is 24.3 Å². The molecule has 0 saturated carbocycles. The summed E-state index contributed by atoms with van der Waals surface area (Å²) in [7, 11) is 0. The molecule has 1 aliphatic rings. The van der Waals surface area contributed by atoms with Crippen molar-refractivity contribution in [3.8, 4) is 5.75 Å². The lowest BCUT2D eigenvalue weighted by Crippen LogP contribution is -2.35. The molecule has 1 heterocycles. The first-order chi connectivity index (χ1) is 10.1. The number of hydrogen-bond acceptors (Lipinski definition) is 3. The highest BCUT2D eigenvalue weighted by atomic mass is 35.5. The fraction of sp³-hybridized carbons (Fsp3) is 0.562. The first kappa shape index (κ1) is 16.1. The number of hydrogen-bond donors (Lipinski definition) is 1. The van der Waals surface area contributed by atoms with Gasteiger partial charge >= 0.3 is 5.97 Å². The fourth-order valence-corrected chi connectivity index (χ4v) is 2.80. The van der Waals surface area contributed by atoms with Gasteiger partial charge in [-0.15, -0.1) is 0 Å². The number of carbonyl (C=O) groups is 1. The number of carboxylic acids is 1. The molecule has 1 N–H and O–H groups in total. The van der Waals surface area contributed by atoms with E-state index < -0.39 is 5.97 Å². The summed E-state index contributed by atoms with van der Waals surface area (Å²) in [4.78, 5) is 13.1. The number of piperidine rings is 1. The van der Waals surface area contributed by atoms with Gasteiger partial charge in [0.1, 0.15) is 5.75 Å². The number of benzene rings is 1. The van der Waals surface area contributed by atoms with Crippen LogP contribution in [0.1, 0.15) is 25.7 Å². The quantitative estimate of drug-likeness (QED) is 0.785. The maximum absolute atomic E-state index is 10.7. The van der Waals surface area contributed by atoms with Gasteiger partial charge in [-0.05, 0) is 62.5 Å². The summed E-state index contributed by atoms with van der Waals surface area (Å²) in [6.07, 6.45) is 3.27. The van der Waals surface area contributed by atoms with Gasteiger partial charge in [-0.25, -0.2) is 0 Å². The Kier molecular flexibility index (Phi) is 6.33. The third-order valence-electron chi connectivity index (χ3n) is 3.87. The molecule has 0 spiro atoms. The van der Waals surface area contributed by atoms with Gasteiger partial charge < -0.3 is 14.7 Å². The molecule has 0 atom stereocenters. The second-order valence-corrected chi connectivity index (χ2v) is 5.98. The summed E-state index contributed by atoms with van der Waals surface area (Å²) in [6, 6.07) is 7.40. The number of halogens is 1. The molecule has 0 unspecified atom stereocenters. The molecule has 21 heavy (non-hydrogen) atoms.